The number of rotatable bonds is 4. The molecule has 0 aromatic carbocycles. The maximum atomic E-state index is 6.35. The molecule has 0 bridgehead atoms. The van der Waals surface area contributed by atoms with E-state index in [1.807, 2.05) is 12.3 Å². The molecule has 1 atom stereocenters. The van der Waals surface area contributed by atoms with Crippen molar-refractivity contribution in [1.82, 2.24) is 4.98 Å². The van der Waals surface area contributed by atoms with Crippen LogP contribution >= 0.6 is 22.9 Å². The molecule has 18 heavy (non-hydrogen) atoms. The van der Waals surface area contributed by atoms with Crippen LogP contribution in [0.4, 0.5) is 5.82 Å². The molecule has 1 unspecified atom stereocenters. The van der Waals surface area contributed by atoms with Gasteiger partial charge in [0.2, 0.25) is 0 Å². The van der Waals surface area contributed by atoms with Crippen molar-refractivity contribution in [2.75, 3.05) is 11.9 Å². The zero-order chi connectivity index (χ0) is 13.2. The summed E-state index contributed by atoms with van der Waals surface area (Å²) in [4.78, 5) is 4.38. The lowest BCUT2D eigenvalue weighted by molar-refractivity contribution is 0.373. The number of alkyl halides is 1. The second-order valence-electron chi connectivity index (χ2n) is 5.73. The monoisotopic (exact) mass is 282 g/mol. The van der Waals surface area contributed by atoms with Crippen LogP contribution in [0, 0.1) is 5.41 Å². The largest absolute Gasteiger partial charge is 0.368 e. The number of hydrogen-bond donors (Lipinski definition) is 1. The lowest BCUT2D eigenvalue weighted by Crippen LogP contribution is -2.21. The fourth-order valence-electron chi connectivity index (χ4n) is 1.98. The summed E-state index contributed by atoms with van der Waals surface area (Å²) in [5.41, 5.74) is 0.260. The lowest BCUT2D eigenvalue weighted by atomic mass is 9.90. The van der Waals surface area contributed by atoms with Crippen molar-refractivity contribution in [1.29, 1.82) is 0 Å². The third-order valence-corrected chi connectivity index (χ3v) is 3.90. The molecule has 0 amide bonds. The molecule has 2 rings (SSSR count). The van der Waals surface area contributed by atoms with Crippen molar-refractivity contribution in [2.45, 2.75) is 32.6 Å². The fraction of sp³-hybridized carbons (Fsp3) is 0.500. The Hall–Kier alpha value is -0.800. The minimum Gasteiger partial charge on any atom is -0.368 e. The summed E-state index contributed by atoms with van der Waals surface area (Å²) in [5.74, 6) is 0.938. The molecule has 98 valence electrons. The van der Waals surface area contributed by atoms with E-state index < -0.39 is 0 Å². The van der Waals surface area contributed by atoms with Gasteiger partial charge in [0.15, 0.2) is 0 Å². The summed E-state index contributed by atoms with van der Waals surface area (Å²) in [5, 5.41) is 6.76. The first-order chi connectivity index (χ1) is 8.46. The fourth-order valence-corrected chi connectivity index (χ4v) is 3.30. The van der Waals surface area contributed by atoms with Gasteiger partial charge in [-0.3, -0.25) is 0 Å². The zero-order valence-electron chi connectivity index (χ0n) is 11.0. The second-order valence-corrected chi connectivity index (χ2v) is 7.30. The van der Waals surface area contributed by atoms with Crippen LogP contribution in [0.5, 0.6) is 0 Å². The Labute approximate surface area is 117 Å². The number of pyridine rings is 1. The number of hydrogen-bond acceptors (Lipinski definition) is 3. The third kappa shape index (κ3) is 3.59. The SMILES string of the molecule is CC(C)(C)CC(Cl)CNc1nccc2sccc12. The van der Waals surface area contributed by atoms with E-state index in [9.17, 15) is 0 Å². The predicted molar refractivity (Wildman–Crippen MR) is 81.8 cm³/mol. The van der Waals surface area contributed by atoms with Gasteiger partial charge in [-0.2, -0.15) is 0 Å². The third-order valence-electron chi connectivity index (χ3n) is 2.70. The molecule has 0 spiro atoms. The molecule has 0 radical (unpaired) electrons. The maximum absolute atomic E-state index is 6.35. The van der Waals surface area contributed by atoms with Gasteiger partial charge in [-0.15, -0.1) is 22.9 Å². The Morgan fingerprint density at radius 3 is 2.89 bits per heavy atom. The van der Waals surface area contributed by atoms with E-state index in [0.29, 0.717) is 0 Å². The highest BCUT2D eigenvalue weighted by Gasteiger charge is 2.17. The van der Waals surface area contributed by atoms with Gasteiger partial charge < -0.3 is 5.32 Å². The summed E-state index contributed by atoms with van der Waals surface area (Å²) >= 11 is 8.09. The highest BCUT2D eigenvalue weighted by Crippen LogP contribution is 2.27. The van der Waals surface area contributed by atoms with Gasteiger partial charge in [-0.25, -0.2) is 4.98 Å². The van der Waals surface area contributed by atoms with Crippen molar-refractivity contribution in [3.63, 3.8) is 0 Å². The van der Waals surface area contributed by atoms with Crippen LogP contribution in [0.1, 0.15) is 27.2 Å². The summed E-state index contributed by atoms with van der Waals surface area (Å²) in [6.07, 6.45) is 2.83. The molecule has 1 N–H and O–H groups in total. The molecule has 0 aliphatic heterocycles. The second kappa shape index (κ2) is 5.45. The molecule has 0 saturated heterocycles. The number of halogens is 1. The summed E-state index contributed by atoms with van der Waals surface area (Å²) in [6, 6.07) is 4.14. The molecular weight excluding hydrogens is 264 g/mol. The van der Waals surface area contributed by atoms with Crippen LogP contribution in [0.25, 0.3) is 10.1 Å². The van der Waals surface area contributed by atoms with Gasteiger partial charge in [-0.1, -0.05) is 20.8 Å². The molecule has 0 fully saturated rings. The molecule has 2 aromatic heterocycles. The zero-order valence-corrected chi connectivity index (χ0v) is 12.6. The van der Waals surface area contributed by atoms with Crippen LogP contribution in [-0.2, 0) is 0 Å². The van der Waals surface area contributed by atoms with E-state index in [-0.39, 0.29) is 10.8 Å². The Balaban J connectivity index is 2.00. The lowest BCUT2D eigenvalue weighted by Gasteiger charge is -2.22. The van der Waals surface area contributed by atoms with Crippen molar-refractivity contribution in [2.24, 2.45) is 5.41 Å². The Morgan fingerprint density at radius 2 is 2.17 bits per heavy atom. The Kier molecular flexibility index (Phi) is 4.13. The number of nitrogens with one attached hydrogen (secondary N) is 1. The normalized spacial score (nSPS) is 13.8. The van der Waals surface area contributed by atoms with E-state index in [4.69, 9.17) is 11.6 Å². The minimum atomic E-state index is 0.126. The molecule has 0 saturated carbocycles. The standard InChI is InChI=1S/C14H19ClN2S/c1-14(2,3)8-10(15)9-17-13-11-5-7-18-12(11)4-6-16-13/h4-7,10H,8-9H2,1-3H3,(H,16,17). The molecule has 0 aliphatic carbocycles. The number of anilines is 1. The van der Waals surface area contributed by atoms with Gasteiger partial charge >= 0.3 is 0 Å². The van der Waals surface area contributed by atoms with Gasteiger partial charge in [0, 0.05) is 22.8 Å². The van der Waals surface area contributed by atoms with Crippen LogP contribution in [0.15, 0.2) is 23.7 Å². The molecule has 2 heterocycles. The first-order valence-corrected chi connectivity index (χ1v) is 7.47. The Bertz CT molecular complexity index is 516. The van der Waals surface area contributed by atoms with Gasteiger partial charge in [0.05, 0.1) is 5.38 Å². The van der Waals surface area contributed by atoms with Gasteiger partial charge in [0.25, 0.3) is 0 Å². The Morgan fingerprint density at radius 1 is 1.39 bits per heavy atom. The number of fused-ring (bicyclic) bond motifs is 1. The summed E-state index contributed by atoms with van der Waals surface area (Å²) in [6.45, 7) is 7.38. The van der Waals surface area contributed by atoms with Crippen molar-refractivity contribution >= 4 is 38.8 Å². The van der Waals surface area contributed by atoms with Crippen LogP contribution < -0.4 is 5.32 Å². The van der Waals surface area contributed by atoms with Crippen molar-refractivity contribution in [3.05, 3.63) is 23.7 Å². The highest BCUT2D eigenvalue weighted by molar-refractivity contribution is 7.17. The van der Waals surface area contributed by atoms with E-state index in [1.54, 1.807) is 11.3 Å². The maximum Gasteiger partial charge on any atom is 0.134 e. The quantitative estimate of drug-likeness (QED) is 0.819. The molecule has 2 nitrogen and oxygen atoms in total. The highest BCUT2D eigenvalue weighted by atomic mass is 35.5. The van der Waals surface area contributed by atoms with E-state index in [1.165, 1.54) is 10.1 Å². The van der Waals surface area contributed by atoms with Crippen molar-refractivity contribution in [3.8, 4) is 0 Å². The minimum absolute atomic E-state index is 0.126. The van der Waals surface area contributed by atoms with Crippen LogP contribution in [0.2, 0.25) is 0 Å². The van der Waals surface area contributed by atoms with Crippen LogP contribution in [-0.4, -0.2) is 16.9 Å². The average molecular weight is 283 g/mol. The molecule has 2 aromatic rings. The van der Waals surface area contributed by atoms with E-state index in [0.717, 1.165) is 18.8 Å². The predicted octanol–water partition coefficient (Wildman–Crippen LogP) is 4.75. The average Bonchev–Trinajstić information content (AvgIpc) is 2.72. The van der Waals surface area contributed by atoms with Crippen molar-refractivity contribution < 1.29 is 0 Å². The van der Waals surface area contributed by atoms with E-state index in [2.05, 4.69) is 42.5 Å². The first-order valence-electron chi connectivity index (χ1n) is 6.16. The summed E-state index contributed by atoms with van der Waals surface area (Å²) in [7, 11) is 0. The smallest absolute Gasteiger partial charge is 0.134 e. The number of aromatic nitrogens is 1. The van der Waals surface area contributed by atoms with Crippen LogP contribution in [0.3, 0.4) is 0 Å². The van der Waals surface area contributed by atoms with Gasteiger partial charge in [0.1, 0.15) is 5.82 Å². The topological polar surface area (TPSA) is 24.9 Å². The number of thiophene rings is 1. The molecule has 4 heteroatoms. The summed E-state index contributed by atoms with van der Waals surface area (Å²) < 4.78 is 1.26. The molecular formula is C14H19ClN2S. The van der Waals surface area contributed by atoms with Gasteiger partial charge in [-0.05, 0) is 29.3 Å². The number of nitrogens with zero attached hydrogens (tertiary/aromatic N) is 1. The molecule has 0 aliphatic rings. The first kappa shape index (κ1) is 13.6. The van der Waals surface area contributed by atoms with E-state index >= 15 is 0 Å².